The first-order valence-electron chi connectivity index (χ1n) is 10.8. The summed E-state index contributed by atoms with van der Waals surface area (Å²) in [6, 6.07) is 8.68. The maximum Gasteiger partial charge on any atom is 0.490 e. The van der Waals surface area contributed by atoms with E-state index in [9.17, 15) is 18.3 Å². The van der Waals surface area contributed by atoms with Gasteiger partial charge in [0.2, 0.25) is 0 Å². The van der Waals surface area contributed by atoms with Gasteiger partial charge in [-0.1, -0.05) is 68.9 Å². The molecule has 0 amide bonds. The summed E-state index contributed by atoms with van der Waals surface area (Å²) in [5.74, 6) is -0.731. The lowest BCUT2D eigenvalue weighted by Gasteiger charge is -2.25. The molecule has 0 spiro atoms. The molecule has 4 nitrogen and oxygen atoms in total. The Morgan fingerprint density at radius 2 is 1.70 bits per heavy atom. The first-order valence-corrected chi connectivity index (χ1v) is 10.8. The van der Waals surface area contributed by atoms with Crippen molar-refractivity contribution in [1.29, 1.82) is 0 Å². The van der Waals surface area contributed by atoms with Crippen molar-refractivity contribution >= 4 is 5.97 Å². The molecular weight excluding hydrogens is 395 g/mol. The zero-order valence-electron chi connectivity index (χ0n) is 18.0. The van der Waals surface area contributed by atoms with Crippen LogP contribution >= 0.6 is 0 Å². The van der Waals surface area contributed by atoms with E-state index in [1.807, 2.05) is 0 Å². The summed E-state index contributed by atoms with van der Waals surface area (Å²) < 4.78 is 31.7. The molecule has 1 aromatic rings. The van der Waals surface area contributed by atoms with Crippen molar-refractivity contribution < 1.29 is 28.2 Å². The molecule has 0 aliphatic heterocycles. The molecule has 0 aromatic heterocycles. The van der Waals surface area contributed by atoms with E-state index in [0.29, 0.717) is 5.92 Å². The van der Waals surface area contributed by atoms with E-state index < -0.39 is 12.1 Å². The Bertz CT molecular complexity index is 599. The summed E-state index contributed by atoms with van der Waals surface area (Å²) in [6.07, 6.45) is 4.45. The zero-order chi connectivity index (χ0) is 22.6. The summed E-state index contributed by atoms with van der Waals surface area (Å²) in [5.41, 5.74) is 2.62. The molecule has 7 heteroatoms. The molecule has 0 saturated heterocycles. The fourth-order valence-corrected chi connectivity index (χ4v) is 3.87. The molecule has 172 valence electrons. The minimum absolute atomic E-state index is 0.262. The van der Waals surface area contributed by atoms with Gasteiger partial charge in [-0.2, -0.15) is 13.2 Å². The lowest BCUT2D eigenvalue weighted by atomic mass is 9.83. The van der Waals surface area contributed by atoms with E-state index in [1.165, 1.54) is 49.7 Å². The predicted octanol–water partition coefficient (Wildman–Crippen LogP) is 4.98. The normalized spacial score (nSPS) is 17.0. The standard InChI is InChI=1S/C21H35NO.C2HF3O2/c1-17-8-10-20(11-9-17)13-21(16-23)15-22-14-18(2)12-19-6-4-3-5-7-19;3-2(4,5)1(6)7/h8-11,18-19,21-23H,3-7,12-16H2,1-2H3;(H,6,7). The van der Waals surface area contributed by atoms with Crippen LogP contribution in [0, 0.1) is 24.7 Å². The fraction of sp³-hybridized carbons (Fsp3) is 0.696. The van der Waals surface area contributed by atoms with Gasteiger partial charge in [0.1, 0.15) is 0 Å². The van der Waals surface area contributed by atoms with Crippen molar-refractivity contribution in [1.82, 2.24) is 5.32 Å². The number of halogens is 3. The van der Waals surface area contributed by atoms with Crippen molar-refractivity contribution in [2.75, 3.05) is 19.7 Å². The van der Waals surface area contributed by atoms with Crippen molar-refractivity contribution in [2.24, 2.45) is 17.8 Å². The number of rotatable bonds is 9. The second kappa shape index (κ2) is 13.7. The lowest BCUT2D eigenvalue weighted by molar-refractivity contribution is -0.192. The Morgan fingerprint density at radius 1 is 1.13 bits per heavy atom. The van der Waals surface area contributed by atoms with Gasteiger partial charge in [0.15, 0.2) is 0 Å². The van der Waals surface area contributed by atoms with Crippen molar-refractivity contribution in [3.63, 3.8) is 0 Å². The van der Waals surface area contributed by atoms with Crippen LogP contribution in [0.5, 0.6) is 0 Å². The highest BCUT2D eigenvalue weighted by atomic mass is 19.4. The van der Waals surface area contributed by atoms with Gasteiger partial charge in [-0.05, 0) is 49.6 Å². The topological polar surface area (TPSA) is 69.6 Å². The molecule has 30 heavy (non-hydrogen) atoms. The average Bonchev–Trinajstić information content (AvgIpc) is 2.69. The van der Waals surface area contributed by atoms with Gasteiger partial charge in [-0.15, -0.1) is 0 Å². The number of aliphatic carboxylic acids is 1. The highest BCUT2D eigenvalue weighted by Crippen LogP contribution is 2.28. The summed E-state index contributed by atoms with van der Waals surface area (Å²) in [6.45, 7) is 6.75. The van der Waals surface area contributed by atoms with Crippen LogP contribution in [0.1, 0.15) is 56.6 Å². The summed E-state index contributed by atoms with van der Waals surface area (Å²) in [7, 11) is 0. The number of alkyl halides is 3. The fourth-order valence-electron chi connectivity index (χ4n) is 3.87. The number of benzene rings is 1. The number of carboxylic acids is 1. The zero-order valence-corrected chi connectivity index (χ0v) is 18.0. The molecule has 2 atom stereocenters. The van der Waals surface area contributed by atoms with Crippen LogP contribution in [-0.2, 0) is 11.2 Å². The van der Waals surface area contributed by atoms with Gasteiger partial charge in [-0.3, -0.25) is 0 Å². The van der Waals surface area contributed by atoms with Crippen LogP contribution in [0.15, 0.2) is 24.3 Å². The monoisotopic (exact) mass is 431 g/mol. The van der Waals surface area contributed by atoms with Gasteiger partial charge in [0, 0.05) is 13.2 Å². The Kier molecular flexibility index (Phi) is 12.0. The third kappa shape index (κ3) is 11.6. The van der Waals surface area contributed by atoms with Crippen LogP contribution in [0.2, 0.25) is 0 Å². The first-order chi connectivity index (χ1) is 14.1. The largest absolute Gasteiger partial charge is 0.490 e. The third-order valence-electron chi connectivity index (χ3n) is 5.53. The minimum atomic E-state index is -5.08. The first kappa shape index (κ1) is 26.4. The van der Waals surface area contributed by atoms with E-state index in [2.05, 4.69) is 43.4 Å². The van der Waals surface area contributed by atoms with Gasteiger partial charge in [-0.25, -0.2) is 4.79 Å². The maximum absolute atomic E-state index is 10.6. The second-order valence-corrected chi connectivity index (χ2v) is 8.54. The highest BCUT2D eigenvalue weighted by Gasteiger charge is 2.38. The van der Waals surface area contributed by atoms with E-state index in [1.54, 1.807) is 0 Å². The SMILES string of the molecule is Cc1ccc(CC(CO)CNCC(C)CC2CCCCC2)cc1.O=C(O)C(F)(F)F. The second-order valence-electron chi connectivity index (χ2n) is 8.54. The van der Waals surface area contributed by atoms with Crippen LogP contribution in [-0.4, -0.2) is 42.1 Å². The van der Waals surface area contributed by atoms with E-state index in [-0.39, 0.29) is 6.61 Å². The molecule has 1 aliphatic rings. The van der Waals surface area contributed by atoms with E-state index >= 15 is 0 Å². The van der Waals surface area contributed by atoms with Crippen LogP contribution < -0.4 is 5.32 Å². The van der Waals surface area contributed by atoms with Gasteiger partial charge in [0.25, 0.3) is 0 Å². The maximum atomic E-state index is 10.6. The third-order valence-corrected chi connectivity index (χ3v) is 5.53. The average molecular weight is 432 g/mol. The number of carbonyl (C=O) groups is 1. The van der Waals surface area contributed by atoms with Crippen molar-refractivity contribution in [2.45, 2.75) is 65.0 Å². The molecular formula is C23H36F3NO3. The smallest absolute Gasteiger partial charge is 0.475 e. The Hall–Kier alpha value is -1.60. The quantitative estimate of drug-likeness (QED) is 0.516. The number of aliphatic hydroxyl groups is 1. The summed E-state index contributed by atoms with van der Waals surface area (Å²) in [4.78, 5) is 8.90. The van der Waals surface area contributed by atoms with Crippen LogP contribution in [0.3, 0.4) is 0 Å². The molecule has 1 fully saturated rings. The molecule has 0 radical (unpaired) electrons. The number of hydrogen-bond donors (Lipinski definition) is 3. The highest BCUT2D eigenvalue weighted by molar-refractivity contribution is 5.73. The predicted molar refractivity (Wildman–Crippen MR) is 112 cm³/mol. The molecule has 1 saturated carbocycles. The number of aryl methyl sites for hydroxylation is 1. The van der Waals surface area contributed by atoms with Crippen molar-refractivity contribution in [3.05, 3.63) is 35.4 Å². The van der Waals surface area contributed by atoms with Crippen molar-refractivity contribution in [3.8, 4) is 0 Å². The number of aliphatic hydroxyl groups excluding tert-OH is 1. The van der Waals surface area contributed by atoms with Gasteiger partial charge >= 0.3 is 12.1 Å². The Morgan fingerprint density at radius 3 is 2.20 bits per heavy atom. The summed E-state index contributed by atoms with van der Waals surface area (Å²) >= 11 is 0. The molecule has 1 aliphatic carbocycles. The van der Waals surface area contributed by atoms with E-state index in [4.69, 9.17) is 9.90 Å². The molecule has 0 heterocycles. The molecule has 1 aromatic carbocycles. The Balaban J connectivity index is 0.000000553. The van der Waals surface area contributed by atoms with Gasteiger partial charge in [0.05, 0.1) is 0 Å². The number of nitrogens with one attached hydrogen (secondary N) is 1. The lowest BCUT2D eigenvalue weighted by Crippen LogP contribution is -2.30. The van der Waals surface area contributed by atoms with Crippen LogP contribution in [0.25, 0.3) is 0 Å². The molecule has 3 N–H and O–H groups in total. The molecule has 0 bridgehead atoms. The number of carboxylic acid groups (broad SMARTS) is 1. The summed E-state index contributed by atoms with van der Waals surface area (Å²) in [5, 5.41) is 20.4. The van der Waals surface area contributed by atoms with Crippen LogP contribution in [0.4, 0.5) is 13.2 Å². The number of hydrogen-bond acceptors (Lipinski definition) is 3. The molecule has 2 rings (SSSR count). The Labute approximate surface area is 177 Å². The van der Waals surface area contributed by atoms with E-state index in [0.717, 1.165) is 31.3 Å². The van der Waals surface area contributed by atoms with Gasteiger partial charge < -0.3 is 15.5 Å². The minimum Gasteiger partial charge on any atom is -0.475 e. The molecule has 2 unspecified atom stereocenters.